The minimum atomic E-state index is -1.01. The predicted molar refractivity (Wildman–Crippen MR) is 301 cm³/mol. The lowest BCUT2D eigenvalue weighted by molar-refractivity contribution is 0.0303. The van der Waals surface area contributed by atoms with Gasteiger partial charge in [-0.15, -0.1) is 22.7 Å². The van der Waals surface area contributed by atoms with E-state index < -0.39 is 5.97 Å². The zero-order valence-corrected chi connectivity index (χ0v) is 45.3. The molecule has 0 unspecified atom stereocenters. The number of carbonyl (C=O) groups excluding carboxylic acids is 3. The van der Waals surface area contributed by atoms with Crippen LogP contribution in [0.15, 0.2) is 84.9 Å². The summed E-state index contributed by atoms with van der Waals surface area (Å²) >= 11 is 3.30. The Balaban J connectivity index is 0.000000173. The van der Waals surface area contributed by atoms with Crippen LogP contribution < -0.4 is 0 Å². The standard InChI is InChI=1S/C33H35N3O3S.C29H28N2O3S/c1-20-32(40-22(3)34-20)30-12-9-24-17-25(10-11-29(24)35-30)31-27(23-7-5-4-6-8-23)18-26(21(2)37)19-28(31)33(38)36-13-15-39-16-14-36;1-16-28(35-18(3)30-16)26-12-9-20-13-21(10-11-25(20)31-26)27-23(19-7-5-4-6-8-19)14-22(17(2)32)15-24(27)29(33)34/h9-12,17-19,23H,4-8,13-16H2,1-3H3;9-15,19H,4-8H2,1-3H3,(H,33,34). The van der Waals surface area contributed by atoms with E-state index in [0.29, 0.717) is 48.9 Å². The van der Waals surface area contributed by atoms with E-state index >= 15 is 0 Å². The van der Waals surface area contributed by atoms with E-state index in [9.17, 15) is 24.3 Å². The third kappa shape index (κ3) is 11.0. The summed E-state index contributed by atoms with van der Waals surface area (Å²) in [5.74, 6) is -0.575. The van der Waals surface area contributed by atoms with Crippen LogP contribution in [0, 0.1) is 27.7 Å². The van der Waals surface area contributed by atoms with Crippen molar-refractivity contribution < 1.29 is 29.0 Å². The first-order valence-electron chi connectivity index (χ1n) is 26.4. The van der Waals surface area contributed by atoms with Gasteiger partial charge in [0, 0.05) is 40.6 Å². The van der Waals surface area contributed by atoms with Crippen LogP contribution in [0.1, 0.15) is 164 Å². The minimum Gasteiger partial charge on any atom is -0.478 e. The quantitative estimate of drug-likeness (QED) is 0.131. The number of fused-ring (bicyclic) bond motifs is 2. The van der Waals surface area contributed by atoms with E-state index in [4.69, 9.17) is 14.7 Å². The molecule has 0 atom stereocenters. The third-order valence-corrected chi connectivity index (χ3v) is 17.4. The van der Waals surface area contributed by atoms with Gasteiger partial charge in [-0.25, -0.2) is 24.7 Å². The number of thiazole rings is 2. The van der Waals surface area contributed by atoms with E-state index in [1.54, 1.807) is 29.6 Å². The first kappa shape index (κ1) is 51.7. The number of pyridine rings is 2. The van der Waals surface area contributed by atoms with Crippen LogP contribution in [-0.2, 0) is 4.74 Å². The number of hydrogen-bond acceptors (Lipinski definition) is 11. The van der Waals surface area contributed by atoms with Gasteiger partial charge in [0.2, 0.25) is 0 Å². The van der Waals surface area contributed by atoms with E-state index in [1.165, 1.54) is 38.7 Å². The molecule has 4 aromatic heterocycles. The Kier molecular flexibility index (Phi) is 15.3. The van der Waals surface area contributed by atoms with Gasteiger partial charge in [-0.05, 0) is 173 Å². The Morgan fingerprint density at radius 2 is 0.987 bits per heavy atom. The molecule has 13 heteroatoms. The van der Waals surface area contributed by atoms with Crippen molar-refractivity contribution in [3.8, 4) is 43.4 Å². The predicted octanol–water partition coefficient (Wildman–Crippen LogP) is 15.0. The zero-order chi connectivity index (χ0) is 52.5. The second-order valence-corrected chi connectivity index (χ2v) is 22.9. The smallest absolute Gasteiger partial charge is 0.336 e. The van der Waals surface area contributed by atoms with E-state index in [2.05, 4.69) is 46.4 Å². The monoisotopic (exact) mass is 1040 g/mol. The van der Waals surface area contributed by atoms with Crippen LogP contribution in [0.25, 0.3) is 65.2 Å². The van der Waals surface area contributed by atoms with Crippen molar-refractivity contribution in [2.24, 2.45) is 0 Å². The van der Waals surface area contributed by atoms with Crippen LogP contribution in [-0.4, -0.2) is 79.7 Å². The van der Waals surface area contributed by atoms with Gasteiger partial charge in [0.25, 0.3) is 5.91 Å². The maximum atomic E-state index is 14.0. The molecule has 3 fully saturated rings. The fraction of sp³-hybridized carbons (Fsp3) is 0.355. The zero-order valence-electron chi connectivity index (χ0n) is 43.7. The molecule has 3 aliphatic rings. The highest BCUT2D eigenvalue weighted by Gasteiger charge is 2.30. The molecule has 11 rings (SSSR count). The van der Waals surface area contributed by atoms with Crippen LogP contribution in [0.4, 0.5) is 0 Å². The van der Waals surface area contributed by atoms with Crippen molar-refractivity contribution in [2.75, 3.05) is 26.3 Å². The first-order valence-corrected chi connectivity index (χ1v) is 28.0. The molecule has 4 aromatic carbocycles. The number of carbonyl (C=O) groups is 4. The largest absolute Gasteiger partial charge is 0.478 e. The van der Waals surface area contributed by atoms with Crippen molar-refractivity contribution >= 4 is 67.9 Å². The van der Waals surface area contributed by atoms with Crippen molar-refractivity contribution in [1.29, 1.82) is 0 Å². The summed E-state index contributed by atoms with van der Waals surface area (Å²) in [6.07, 6.45) is 11.2. The molecule has 384 valence electrons. The number of benzene rings is 4. The van der Waals surface area contributed by atoms with Gasteiger partial charge < -0.3 is 14.7 Å². The van der Waals surface area contributed by atoms with Gasteiger partial charge in [-0.1, -0.05) is 62.8 Å². The number of amides is 1. The lowest BCUT2D eigenvalue weighted by atomic mass is 9.78. The fourth-order valence-electron chi connectivity index (χ4n) is 11.5. The average molecular weight is 1040 g/mol. The van der Waals surface area contributed by atoms with Gasteiger partial charge in [-0.3, -0.25) is 14.4 Å². The maximum absolute atomic E-state index is 14.0. The number of hydrogen-bond donors (Lipinski definition) is 1. The van der Waals surface area contributed by atoms with Gasteiger partial charge in [-0.2, -0.15) is 0 Å². The van der Waals surface area contributed by atoms with Crippen LogP contribution in [0.3, 0.4) is 0 Å². The Bertz CT molecular complexity index is 3520. The normalized spacial score (nSPS) is 15.5. The summed E-state index contributed by atoms with van der Waals surface area (Å²) in [6, 6.07) is 27.8. The highest BCUT2D eigenvalue weighted by Crippen LogP contribution is 2.44. The molecule has 2 saturated carbocycles. The number of Topliss-reactive ketones (excluding diaryl/α,β-unsaturated/α-hetero) is 2. The second-order valence-electron chi connectivity index (χ2n) is 20.5. The number of aromatic carboxylic acids is 1. The molecule has 0 bridgehead atoms. The SMILES string of the molecule is CC(=O)c1cc(C(=O)N2CCOCC2)c(-c2ccc3nc(-c4sc(C)nc4C)ccc3c2)c(C2CCCCC2)c1.CC(=O)c1cc(C(=O)O)c(-c2ccc3nc(-c4sc(C)nc4C)ccc3c2)c(C2CCCCC2)c1. The minimum absolute atomic E-state index is 0.0107. The van der Waals surface area contributed by atoms with Crippen molar-refractivity contribution in [2.45, 2.75) is 118 Å². The maximum Gasteiger partial charge on any atom is 0.336 e. The van der Waals surface area contributed by atoms with Gasteiger partial charge >= 0.3 is 5.97 Å². The molecule has 0 spiro atoms. The average Bonchev–Trinajstić information content (AvgIpc) is 3.96. The molecule has 1 N–H and O–H groups in total. The summed E-state index contributed by atoms with van der Waals surface area (Å²) in [5.41, 5.74) is 13.1. The van der Waals surface area contributed by atoms with Crippen LogP contribution in [0.2, 0.25) is 0 Å². The Morgan fingerprint density at radius 1 is 0.547 bits per heavy atom. The Labute approximate surface area is 446 Å². The number of ether oxygens (including phenoxy) is 1. The number of aromatic nitrogens is 4. The lowest BCUT2D eigenvalue weighted by Crippen LogP contribution is -2.41. The summed E-state index contributed by atoms with van der Waals surface area (Å²) in [6.45, 7) is 13.3. The molecule has 1 amide bonds. The van der Waals surface area contributed by atoms with E-state index in [-0.39, 0.29) is 29.0 Å². The first-order chi connectivity index (χ1) is 36.2. The number of morpholine rings is 1. The fourth-order valence-corrected chi connectivity index (χ4v) is 13.3. The number of aryl methyl sites for hydroxylation is 4. The number of rotatable bonds is 10. The molecular formula is C62H63N5O6S2. The molecule has 11 nitrogen and oxygen atoms in total. The molecular weight excluding hydrogens is 975 g/mol. The number of carboxylic acid groups (broad SMARTS) is 1. The molecule has 0 radical (unpaired) electrons. The molecule has 2 aliphatic carbocycles. The van der Waals surface area contributed by atoms with Gasteiger partial charge in [0.1, 0.15) is 0 Å². The number of carboxylic acids is 1. The molecule has 8 aromatic rings. The lowest BCUT2D eigenvalue weighted by Gasteiger charge is -2.30. The van der Waals surface area contributed by atoms with Crippen molar-refractivity contribution in [1.82, 2.24) is 24.8 Å². The van der Waals surface area contributed by atoms with Gasteiger partial charge in [0.15, 0.2) is 11.6 Å². The Hall–Kier alpha value is -6.80. The summed E-state index contributed by atoms with van der Waals surface area (Å²) < 4.78 is 5.52. The molecule has 75 heavy (non-hydrogen) atoms. The second kappa shape index (κ2) is 22.2. The highest BCUT2D eigenvalue weighted by molar-refractivity contribution is 7.15. The van der Waals surface area contributed by atoms with Gasteiger partial charge in [0.05, 0.1) is 72.4 Å². The molecule has 5 heterocycles. The highest BCUT2D eigenvalue weighted by atomic mass is 32.1. The summed E-state index contributed by atoms with van der Waals surface area (Å²) in [4.78, 5) is 74.3. The number of nitrogens with zero attached hydrogens (tertiary/aromatic N) is 5. The topological polar surface area (TPSA) is 153 Å². The van der Waals surface area contributed by atoms with Crippen LogP contribution >= 0.6 is 22.7 Å². The molecule has 1 aliphatic heterocycles. The van der Waals surface area contributed by atoms with Crippen molar-refractivity contribution in [3.63, 3.8) is 0 Å². The van der Waals surface area contributed by atoms with E-state index in [1.807, 2.05) is 75.1 Å². The summed E-state index contributed by atoms with van der Waals surface area (Å²) in [7, 11) is 0. The summed E-state index contributed by atoms with van der Waals surface area (Å²) in [5, 5.41) is 14.2. The van der Waals surface area contributed by atoms with Crippen LogP contribution in [0.5, 0.6) is 0 Å². The number of ketones is 2. The third-order valence-electron chi connectivity index (χ3n) is 15.2. The van der Waals surface area contributed by atoms with Crippen molar-refractivity contribution in [3.05, 3.63) is 140 Å². The van der Waals surface area contributed by atoms with E-state index in [0.717, 1.165) is 136 Å². The Morgan fingerprint density at radius 3 is 1.40 bits per heavy atom. The molecule has 1 saturated heterocycles.